The van der Waals surface area contributed by atoms with E-state index in [1.165, 1.54) is 0 Å². The first-order chi connectivity index (χ1) is 2.00. The number of hydrogen-bond donors (Lipinski definition) is 0. The second-order valence-corrected chi connectivity index (χ2v) is 2.68. The average Bonchev–Trinajstić information content (AvgIpc) is 0.722. The van der Waals surface area contributed by atoms with Gasteiger partial charge in [-0.1, -0.05) is 0 Å². The molecule has 0 atom stereocenters. The highest BCUT2D eigenvalue weighted by Gasteiger charge is 1.88. The van der Waals surface area contributed by atoms with Gasteiger partial charge in [-0.3, -0.25) is 0 Å². The molecule has 48 valence electrons. The smallest absolute Gasteiger partial charge is 0.0675 e. The molecule has 0 aromatic heterocycles. The molecule has 0 rings (SSSR count). The zero-order valence-electron chi connectivity index (χ0n) is 5.39. The topological polar surface area (TPSA) is 61.5 Å². The Bertz CT molecular complexity index is 25.2. The van der Waals surface area contributed by atoms with E-state index in [1.54, 1.807) is 0 Å². The van der Waals surface area contributed by atoms with Crippen LogP contribution in [0.15, 0.2) is 0 Å². The molecular weight excluding hydrogens is 94.0 g/mol. The van der Waals surface area contributed by atoms with Crippen molar-refractivity contribution in [3.63, 3.8) is 0 Å². The number of hydrogen-bond acceptors (Lipinski definition) is 1. The van der Waals surface area contributed by atoms with Crippen LogP contribution in [0, 0.1) is 0 Å². The highest BCUT2D eigenvalue weighted by atomic mass is 16.0. The molecule has 0 fully saturated rings. The zero-order chi connectivity index (χ0) is 4.50. The van der Waals surface area contributed by atoms with Crippen molar-refractivity contribution in [2.45, 2.75) is 0 Å². The minimum atomic E-state index is 0. The van der Waals surface area contributed by atoms with Gasteiger partial charge in [0.25, 0.3) is 0 Å². The van der Waals surface area contributed by atoms with Gasteiger partial charge in [0.05, 0.1) is 28.2 Å². The van der Waals surface area contributed by atoms with Crippen LogP contribution in [0.2, 0.25) is 0 Å². The minimum Gasteiger partial charge on any atom is -0.870 e. The predicted molar refractivity (Wildman–Crippen MR) is 29.5 cm³/mol. The Morgan fingerprint density at radius 2 is 0.857 bits per heavy atom. The molecular formula is C4H15NO2. The molecule has 0 spiro atoms. The Labute approximate surface area is 44.8 Å². The van der Waals surface area contributed by atoms with E-state index in [1.807, 2.05) is 0 Å². The van der Waals surface area contributed by atoms with E-state index in [4.69, 9.17) is 0 Å². The van der Waals surface area contributed by atoms with E-state index in [0.29, 0.717) is 0 Å². The van der Waals surface area contributed by atoms with Crippen LogP contribution in [-0.4, -0.2) is 43.6 Å². The summed E-state index contributed by atoms with van der Waals surface area (Å²) >= 11 is 0. The van der Waals surface area contributed by atoms with Crippen LogP contribution in [0.1, 0.15) is 0 Å². The Morgan fingerprint density at radius 3 is 0.857 bits per heavy atom. The second kappa shape index (κ2) is 4.05. The first kappa shape index (κ1) is 15.8. The van der Waals surface area contributed by atoms with Crippen molar-refractivity contribution in [3.05, 3.63) is 0 Å². The van der Waals surface area contributed by atoms with Crippen molar-refractivity contribution in [3.8, 4) is 0 Å². The van der Waals surface area contributed by atoms with Gasteiger partial charge in [0.15, 0.2) is 0 Å². The van der Waals surface area contributed by atoms with Crippen LogP contribution in [0.25, 0.3) is 0 Å². The van der Waals surface area contributed by atoms with Gasteiger partial charge in [0, 0.05) is 0 Å². The number of quaternary nitrogens is 1. The standard InChI is InChI=1S/C4H12N.2H2O/c1-5(2,3)4;;/h1-4H3;2*1H2/q+1;;/p-1. The summed E-state index contributed by atoms with van der Waals surface area (Å²) in [7, 11) is 8.50. The summed E-state index contributed by atoms with van der Waals surface area (Å²) < 4.78 is 1.00. The third-order valence-electron chi connectivity index (χ3n) is 0. The lowest BCUT2D eigenvalue weighted by Crippen LogP contribution is -2.27. The van der Waals surface area contributed by atoms with Gasteiger partial charge in [-0.2, -0.15) is 0 Å². The first-order valence-electron chi connectivity index (χ1n) is 1.79. The maximum atomic E-state index is 2.12. The molecule has 3 N–H and O–H groups in total. The maximum Gasteiger partial charge on any atom is 0.0675 e. The third-order valence-corrected chi connectivity index (χ3v) is 0. The molecule has 0 aliphatic carbocycles. The first-order valence-corrected chi connectivity index (χ1v) is 1.79. The lowest BCUT2D eigenvalue weighted by Gasteiger charge is -2.14. The molecule has 0 aliphatic heterocycles. The molecule has 0 saturated heterocycles. The summed E-state index contributed by atoms with van der Waals surface area (Å²) in [5.74, 6) is 0. The fraction of sp³-hybridized carbons (Fsp3) is 1.00. The molecule has 3 heteroatoms. The molecule has 0 saturated carbocycles. The van der Waals surface area contributed by atoms with E-state index < -0.39 is 0 Å². The number of rotatable bonds is 0. The van der Waals surface area contributed by atoms with Gasteiger partial charge in [-0.15, -0.1) is 0 Å². The van der Waals surface area contributed by atoms with Gasteiger partial charge in [0.2, 0.25) is 0 Å². The average molecular weight is 109 g/mol. The summed E-state index contributed by atoms with van der Waals surface area (Å²) in [5, 5.41) is 0. The summed E-state index contributed by atoms with van der Waals surface area (Å²) in [5.41, 5.74) is 0. The fourth-order valence-electron chi connectivity index (χ4n) is 0. The third kappa shape index (κ3) is 6150. The van der Waals surface area contributed by atoms with E-state index in [2.05, 4.69) is 28.2 Å². The molecule has 0 bridgehead atoms. The molecule has 0 aliphatic rings. The predicted octanol–water partition coefficient (Wildman–Crippen LogP) is -0.679. The van der Waals surface area contributed by atoms with Gasteiger partial charge in [-0.05, 0) is 0 Å². The minimum absolute atomic E-state index is 0. The van der Waals surface area contributed by atoms with E-state index in [-0.39, 0.29) is 11.0 Å². The molecule has 3 nitrogen and oxygen atoms in total. The van der Waals surface area contributed by atoms with Crippen molar-refractivity contribution < 1.29 is 15.4 Å². The van der Waals surface area contributed by atoms with Crippen LogP contribution in [0.5, 0.6) is 0 Å². The lowest BCUT2D eigenvalue weighted by molar-refractivity contribution is -0.849. The second-order valence-electron chi connectivity index (χ2n) is 2.68. The van der Waals surface area contributed by atoms with Gasteiger partial charge in [0.1, 0.15) is 0 Å². The highest BCUT2D eigenvalue weighted by Crippen LogP contribution is 1.73. The van der Waals surface area contributed by atoms with Crippen molar-refractivity contribution in [1.82, 2.24) is 0 Å². The molecule has 0 aromatic carbocycles. The normalized spacial score (nSPS) is 8.57. The SMILES string of the molecule is C[N+](C)(C)C.O.[OH-]. The van der Waals surface area contributed by atoms with E-state index in [9.17, 15) is 0 Å². The summed E-state index contributed by atoms with van der Waals surface area (Å²) in [6.07, 6.45) is 0. The largest absolute Gasteiger partial charge is 0.870 e. The highest BCUT2D eigenvalue weighted by molar-refractivity contribution is 3.87. The number of nitrogens with zero attached hydrogens (tertiary/aromatic N) is 1. The molecule has 7 heavy (non-hydrogen) atoms. The van der Waals surface area contributed by atoms with Crippen LogP contribution in [0.3, 0.4) is 0 Å². The zero-order valence-corrected chi connectivity index (χ0v) is 5.39. The molecule has 0 heterocycles. The van der Waals surface area contributed by atoms with Crippen molar-refractivity contribution in [2.24, 2.45) is 0 Å². The van der Waals surface area contributed by atoms with Crippen LogP contribution < -0.4 is 0 Å². The Balaban J connectivity index is -0.0000000800. The molecule has 0 radical (unpaired) electrons. The van der Waals surface area contributed by atoms with Gasteiger partial charge in [-0.25, -0.2) is 0 Å². The maximum absolute atomic E-state index is 2.12. The molecule has 0 amide bonds. The van der Waals surface area contributed by atoms with Crippen LogP contribution >= 0.6 is 0 Å². The Morgan fingerprint density at radius 1 is 0.857 bits per heavy atom. The quantitative estimate of drug-likeness (QED) is 0.380. The fourth-order valence-corrected chi connectivity index (χ4v) is 0. The lowest BCUT2D eigenvalue weighted by atomic mass is 10.8. The summed E-state index contributed by atoms with van der Waals surface area (Å²) in [4.78, 5) is 0. The van der Waals surface area contributed by atoms with Crippen molar-refractivity contribution in [2.75, 3.05) is 28.2 Å². The monoisotopic (exact) mass is 109 g/mol. The van der Waals surface area contributed by atoms with Crippen LogP contribution in [-0.2, 0) is 0 Å². The Kier molecular flexibility index (Phi) is 9.14. The van der Waals surface area contributed by atoms with E-state index in [0.717, 1.165) is 4.48 Å². The molecule has 0 unspecified atom stereocenters. The van der Waals surface area contributed by atoms with Gasteiger partial charge >= 0.3 is 0 Å². The van der Waals surface area contributed by atoms with E-state index >= 15 is 0 Å². The van der Waals surface area contributed by atoms with Gasteiger partial charge < -0.3 is 15.4 Å². The summed E-state index contributed by atoms with van der Waals surface area (Å²) in [6, 6.07) is 0. The van der Waals surface area contributed by atoms with Crippen molar-refractivity contribution >= 4 is 0 Å². The molecule has 0 aromatic rings. The van der Waals surface area contributed by atoms with Crippen molar-refractivity contribution in [1.29, 1.82) is 0 Å². The van der Waals surface area contributed by atoms with Crippen LogP contribution in [0.4, 0.5) is 0 Å². The Hall–Kier alpha value is -0.120. The summed E-state index contributed by atoms with van der Waals surface area (Å²) in [6.45, 7) is 0.